The summed E-state index contributed by atoms with van der Waals surface area (Å²) < 4.78 is 26.5. The molecule has 0 radical (unpaired) electrons. The van der Waals surface area contributed by atoms with Gasteiger partial charge in [-0.05, 0) is 30.8 Å². The van der Waals surface area contributed by atoms with Crippen molar-refractivity contribution < 1.29 is 8.42 Å². The molecule has 0 saturated carbocycles. The second-order valence-electron chi connectivity index (χ2n) is 3.58. The molecule has 4 nitrogen and oxygen atoms in total. The predicted octanol–water partition coefficient (Wildman–Crippen LogP) is 0.778. The molecule has 15 heavy (non-hydrogen) atoms. The summed E-state index contributed by atoms with van der Waals surface area (Å²) in [5.41, 5.74) is 0. The van der Waals surface area contributed by atoms with Crippen molar-refractivity contribution in [3.05, 3.63) is 17.5 Å². The van der Waals surface area contributed by atoms with E-state index in [4.69, 9.17) is 0 Å². The molecule has 2 rings (SSSR count). The summed E-state index contributed by atoms with van der Waals surface area (Å²) in [6.07, 6.45) is 2.18. The van der Waals surface area contributed by atoms with Crippen LogP contribution in [0.5, 0.6) is 0 Å². The molecule has 1 saturated heterocycles. The monoisotopic (exact) mass is 246 g/mol. The third-order valence-electron chi connectivity index (χ3n) is 2.44. The molecule has 0 spiro atoms. The smallest absolute Gasteiger partial charge is 0.250 e. The average Bonchev–Trinajstić information content (AvgIpc) is 2.88. The summed E-state index contributed by atoms with van der Waals surface area (Å²) in [5.74, 6) is 0. The summed E-state index contributed by atoms with van der Waals surface area (Å²) in [7, 11) is -3.28. The highest BCUT2D eigenvalue weighted by Gasteiger charge is 2.19. The molecule has 0 amide bonds. The number of sulfonamides is 1. The van der Waals surface area contributed by atoms with Gasteiger partial charge in [-0.25, -0.2) is 13.1 Å². The Bertz CT molecular complexity index is 394. The zero-order valence-electron chi connectivity index (χ0n) is 8.27. The van der Waals surface area contributed by atoms with Crippen LogP contribution in [0.3, 0.4) is 0 Å². The Hall–Kier alpha value is -0.430. The molecular weight excluding hydrogens is 232 g/mol. The zero-order valence-corrected chi connectivity index (χ0v) is 9.90. The van der Waals surface area contributed by atoms with E-state index in [0.29, 0.717) is 16.8 Å². The van der Waals surface area contributed by atoms with Gasteiger partial charge in [0.1, 0.15) is 4.21 Å². The number of rotatable bonds is 4. The van der Waals surface area contributed by atoms with Gasteiger partial charge in [0.25, 0.3) is 0 Å². The first kappa shape index (κ1) is 11.1. The fourth-order valence-corrected chi connectivity index (χ4v) is 3.75. The van der Waals surface area contributed by atoms with Crippen molar-refractivity contribution in [1.29, 1.82) is 0 Å². The second kappa shape index (κ2) is 4.61. The van der Waals surface area contributed by atoms with Gasteiger partial charge in [0.2, 0.25) is 10.0 Å². The fourth-order valence-electron chi connectivity index (χ4n) is 1.63. The van der Waals surface area contributed by atoms with Gasteiger partial charge in [0, 0.05) is 12.6 Å². The lowest BCUT2D eigenvalue weighted by Crippen LogP contribution is -2.36. The van der Waals surface area contributed by atoms with Crippen molar-refractivity contribution in [2.45, 2.75) is 23.1 Å². The van der Waals surface area contributed by atoms with Crippen molar-refractivity contribution in [3.8, 4) is 0 Å². The van der Waals surface area contributed by atoms with Gasteiger partial charge in [-0.3, -0.25) is 0 Å². The van der Waals surface area contributed by atoms with Crippen LogP contribution in [-0.4, -0.2) is 27.5 Å². The topological polar surface area (TPSA) is 58.2 Å². The van der Waals surface area contributed by atoms with Crippen LogP contribution in [-0.2, 0) is 10.0 Å². The predicted molar refractivity (Wildman–Crippen MR) is 60.5 cm³/mol. The maximum absolute atomic E-state index is 11.7. The van der Waals surface area contributed by atoms with E-state index < -0.39 is 10.0 Å². The Morgan fingerprint density at radius 3 is 3.07 bits per heavy atom. The molecule has 0 bridgehead atoms. The van der Waals surface area contributed by atoms with Gasteiger partial charge in [-0.15, -0.1) is 11.3 Å². The molecule has 1 aromatic rings. The first-order valence-electron chi connectivity index (χ1n) is 4.95. The third kappa shape index (κ3) is 2.78. The van der Waals surface area contributed by atoms with Crippen molar-refractivity contribution in [1.82, 2.24) is 10.0 Å². The Morgan fingerprint density at radius 2 is 2.47 bits per heavy atom. The second-order valence-corrected chi connectivity index (χ2v) is 6.52. The van der Waals surface area contributed by atoms with Gasteiger partial charge in [0.15, 0.2) is 0 Å². The molecule has 0 unspecified atom stereocenters. The molecule has 2 heterocycles. The van der Waals surface area contributed by atoms with E-state index in [2.05, 4.69) is 10.0 Å². The summed E-state index contributed by atoms with van der Waals surface area (Å²) in [4.78, 5) is 0. The van der Waals surface area contributed by atoms with E-state index in [1.165, 1.54) is 11.3 Å². The quantitative estimate of drug-likeness (QED) is 0.825. The molecule has 1 aromatic heterocycles. The highest BCUT2D eigenvalue weighted by Crippen LogP contribution is 2.15. The van der Waals surface area contributed by atoms with Gasteiger partial charge >= 0.3 is 0 Å². The Balaban J connectivity index is 1.93. The molecule has 0 aromatic carbocycles. The minimum Gasteiger partial charge on any atom is -0.313 e. The standard InChI is InChI=1S/C9H14N2O2S2/c12-15(13,9-4-2-6-14-9)11-7-8-3-1-5-10-8/h2,4,6,8,10-11H,1,3,5,7H2/t8-/m1/s1. The van der Waals surface area contributed by atoms with E-state index in [1.807, 2.05) is 0 Å². The third-order valence-corrected chi connectivity index (χ3v) is 5.26. The molecule has 2 N–H and O–H groups in total. The van der Waals surface area contributed by atoms with E-state index in [1.54, 1.807) is 17.5 Å². The van der Waals surface area contributed by atoms with E-state index in [9.17, 15) is 8.42 Å². The molecule has 6 heteroatoms. The van der Waals surface area contributed by atoms with Crippen molar-refractivity contribution >= 4 is 21.4 Å². The van der Waals surface area contributed by atoms with Crippen LogP contribution in [0.1, 0.15) is 12.8 Å². The van der Waals surface area contributed by atoms with Gasteiger partial charge < -0.3 is 5.32 Å². The summed E-state index contributed by atoms with van der Waals surface area (Å²) in [5, 5.41) is 5.02. The van der Waals surface area contributed by atoms with E-state index in [0.717, 1.165) is 19.4 Å². The average molecular weight is 246 g/mol. The Labute approximate surface area is 93.8 Å². The maximum Gasteiger partial charge on any atom is 0.250 e. The van der Waals surface area contributed by atoms with Gasteiger partial charge in [-0.2, -0.15) is 0 Å². The normalized spacial score (nSPS) is 22.0. The van der Waals surface area contributed by atoms with Crippen LogP contribution in [0.2, 0.25) is 0 Å². The van der Waals surface area contributed by atoms with E-state index in [-0.39, 0.29) is 0 Å². The van der Waals surface area contributed by atoms with Crippen LogP contribution in [0.25, 0.3) is 0 Å². The van der Waals surface area contributed by atoms with Crippen LogP contribution < -0.4 is 10.0 Å². The summed E-state index contributed by atoms with van der Waals surface area (Å²) in [6.45, 7) is 1.48. The van der Waals surface area contributed by atoms with Crippen molar-refractivity contribution in [2.75, 3.05) is 13.1 Å². The largest absolute Gasteiger partial charge is 0.313 e. The van der Waals surface area contributed by atoms with Crippen molar-refractivity contribution in [2.24, 2.45) is 0 Å². The molecular formula is C9H14N2O2S2. The molecule has 84 valence electrons. The highest BCUT2D eigenvalue weighted by molar-refractivity contribution is 7.91. The summed E-state index contributed by atoms with van der Waals surface area (Å²) >= 11 is 1.24. The first-order chi connectivity index (χ1) is 7.18. The minimum absolute atomic E-state index is 0.291. The minimum atomic E-state index is -3.28. The van der Waals surface area contributed by atoms with Gasteiger partial charge in [-0.1, -0.05) is 6.07 Å². The lowest BCUT2D eigenvalue weighted by Gasteiger charge is -2.10. The Kier molecular flexibility index (Phi) is 3.40. The van der Waals surface area contributed by atoms with Crippen LogP contribution in [0, 0.1) is 0 Å². The SMILES string of the molecule is O=S(=O)(NC[C@H]1CCCN1)c1cccs1. The highest BCUT2D eigenvalue weighted by atomic mass is 32.2. The van der Waals surface area contributed by atoms with Crippen LogP contribution >= 0.6 is 11.3 Å². The lowest BCUT2D eigenvalue weighted by molar-refractivity contribution is 0.553. The van der Waals surface area contributed by atoms with Crippen LogP contribution in [0.4, 0.5) is 0 Å². The first-order valence-corrected chi connectivity index (χ1v) is 7.31. The molecule has 1 aliphatic rings. The molecule has 0 aliphatic carbocycles. The lowest BCUT2D eigenvalue weighted by atomic mass is 10.2. The Morgan fingerprint density at radius 1 is 1.60 bits per heavy atom. The maximum atomic E-state index is 11.7. The van der Waals surface area contributed by atoms with Crippen molar-refractivity contribution in [3.63, 3.8) is 0 Å². The fraction of sp³-hybridized carbons (Fsp3) is 0.556. The number of thiophene rings is 1. The summed E-state index contributed by atoms with van der Waals surface area (Å²) in [6, 6.07) is 3.65. The molecule has 1 aliphatic heterocycles. The molecule has 1 fully saturated rings. The van der Waals surface area contributed by atoms with Gasteiger partial charge in [0.05, 0.1) is 0 Å². The van der Waals surface area contributed by atoms with E-state index >= 15 is 0 Å². The zero-order chi connectivity index (χ0) is 10.7. The number of hydrogen-bond donors (Lipinski definition) is 2. The van der Waals surface area contributed by atoms with Crippen LogP contribution in [0.15, 0.2) is 21.7 Å². The number of hydrogen-bond acceptors (Lipinski definition) is 4. The number of nitrogens with one attached hydrogen (secondary N) is 2. The molecule has 1 atom stereocenters.